The first-order valence-electron chi connectivity index (χ1n) is 5.27. The summed E-state index contributed by atoms with van der Waals surface area (Å²) in [5.41, 5.74) is 6.25. The van der Waals surface area contributed by atoms with E-state index in [-0.39, 0.29) is 0 Å². The molecule has 1 heteroatoms. The highest BCUT2D eigenvalue weighted by Crippen LogP contribution is 2.40. The maximum atomic E-state index is 5.80. The molecule has 1 aliphatic carbocycles. The Labute approximate surface area is 76.7 Å². The highest BCUT2D eigenvalue weighted by Gasteiger charge is 2.31. The fourth-order valence-electron chi connectivity index (χ4n) is 2.38. The first-order chi connectivity index (χ1) is 5.57. The van der Waals surface area contributed by atoms with Gasteiger partial charge in [-0.1, -0.05) is 33.6 Å². The molecule has 12 heavy (non-hydrogen) atoms. The molecule has 0 unspecified atom stereocenters. The molecule has 1 aliphatic rings. The van der Waals surface area contributed by atoms with Crippen molar-refractivity contribution < 1.29 is 0 Å². The van der Waals surface area contributed by atoms with Crippen LogP contribution in [0.1, 0.15) is 46.5 Å². The van der Waals surface area contributed by atoms with Gasteiger partial charge in [0.25, 0.3) is 0 Å². The van der Waals surface area contributed by atoms with Crippen LogP contribution in [0.3, 0.4) is 0 Å². The van der Waals surface area contributed by atoms with Crippen LogP contribution in [0.2, 0.25) is 0 Å². The molecule has 0 amide bonds. The minimum atomic E-state index is 0.452. The molecule has 0 aromatic carbocycles. The third kappa shape index (κ3) is 2.22. The smallest absolute Gasteiger partial charge is 0.00231 e. The van der Waals surface area contributed by atoms with Gasteiger partial charge in [0.15, 0.2) is 0 Å². The SMILES string of the molecule is CC(C)[C@H]1CCC[C@@](C)(CN)C1. The summed E-state index contributed by atoms with van der Waals surface area (Å²) in [5.74, 6) is 1.77. The molecule has 0 saturated heterocycles. The van der Waals surface area contributed by atoms with E-state index in [2.05, 4.69) is 20.8 Å². The van der Waals surface area contributed by atoms with E-state index in [0.29, 0.717) is 5.41 Å². The van der Waals surface area contributed by atoms with Crippen LogP contribution in [-0.2, 0) is 0 Å². The monoisotopic (exact) mass is 169 g/mol. The predicted octanol–water partition coefficient (Wildman–Crippen LogP) is 2.80. The van der Waals surface area contributed by atoms with Gasteiger partial charge >= 0.3 is 0 Å². The Morgan fingerprint density at radius 2 is 2.17 bits per heavy atom. The standard InChI is InChI=1S/C11H23N/c1-9(2)10-5-4-6-11(3,7-10)8-12/h9-10H,4-8,12H2,1-3H3/t10-,11+/m0/s1. The van der Waals surface area contributed by atoms with Crippen molar-refractivity contribution >= 4 is 0 Å². The summed E-state index contributed by atoms with van der Waals surface area (Å²) in [4.78, 5) is 0. The van der Waals surface area contributed by atoms with E-state index in [1.807, 2.05) is 0 Å². The summed E-state index contributed by atoms with van der Waals surface area (Å²) in [6.45, 7) is 7.90. The maximum Gasteiger partial charge on any atom is -0.00231 e. The van der Waals surface area contributed by atoms with Crippen LogP contribution in [0.4, 0.5) is 0 Å². The molecule has 2 atom stereocenters. The van der Waals surface area contributed by atoms with E-state index in [1.165, 1.54) is 25.7 Å². The second-order valence-electron chi connectivity index (χ2n) is 5.12. The molecule has 1 nitrogen and oxygen atoms in total. The van der Waals surface area contributed by atoms with Gasteiger partial charge in [-0.25, -0.2) is 0 Å². The van der Waals surface area contributed by atoms with E-state index >= 15 is 0 Å². The van der Waals surface area contributed by atoms with Gasteiger partial charge in [-0.2, -0.15) is 0 Å². The maximum absolute atomic E-state index is 5.80. The topological polar surface area (TPSA) is 26.0 Å². The minimum absolute atomic E-state index is 0.452. The molecule has 0 aliphatic heterocycles. The van der Waals surface area contributed by atoms with Gasteiger partial charge in [0.2, 0.25) is 0 Å². The third-order valence-corrected chi connectivity index (χ3v) is 3.55. The molecule has 72 valence electrons. The van der Waals surface area contributed by atoms with Crippen LogP contribution in [0.15, 0.2) is 0 Å². The Morgan fingerprint density at radius 3 is 2.67 bits per heavy atom. The Bertz CT molecular complexity index is 142. The van der Waals surface area contributed by atoms with Gasteiger partial charge < -0.3 is 5.73 Å². The average molecular weight is 169 g/mol. The lowest BCUT2D eigenvalue weighted by atomic mass is 9.68. The lowest BCUT2D eigenvalue weighted by molar-refractivity contribution is 0.136. The van der Waals surface area contributed by atoms with Crippen LogP contribution in [0, 0.1) is 17.3 Å². The molecule has 1 rings (SSSR count). The van der Waals surface area contributed by atoms with E-state index in [9.17, 15) is 0 Å². The summed E-state index contributed by atoms with van der Waals surface area (Å²) in [6, 6.07) is 0. The Morgan fingerprint density at radius 1 is 1.50 bits per heavy atom. The van der Waals surface area contributed by atoms with Crippen molar-refractivity contribution in [2.75, 3.05) is 6.54 Å². The van der Waals surface area contributed by atoms with Crippen LogP contribution < -0.4 is 5.73 Å². The summed E-state index contributed by atoms with van der Waals surface area (Å²) >= 11 is 0. The third-order valence-electron chi connectivity index (χ3n) is 3.55. The largest absolute Gasteiger partial charge is 0.330 e. The number of hydrogen-bond donors (Lipinski definition) is 1. The number of nitrogens with two attached hydrogens (primary N) is 1. The number of rotatable bonds is 2. The lowest BCUT2D eigenvalue weighted by Crippen LogP contribution is -2.34. The molecule has 0 bridgehead atoms. The fraction of sp³-hybridized carbons (Fsp3) is 1.00. The van der Waals surface area contributed by atoms with Gasteiger partial charge in [-0.3, -0.25) is 0 Å². The minimum Gasteiger partial charge on any atom is -0.330 e. The molecule has 0 radical (unpaired) electrons. The molecule has 1 saturated carbocycles. The van der Waals surface area contributed by atoms with E-state index < -0.39 is 0 Å². The average Bonchev–Trinajstić information content (AvgIpc) is 2.05. The lowest BCUT2D eigenvalue weighted by Gasteiger charge is -2.39. The van der Waals surface area contributed by atoms with Crippen LogP contribution in [0.5, 0.6) is 0 Å². The quantitative estimate of drug-likeness (QED) is 0.676. The zero-order valence-electron chi connectivity index (χ0n) is 8.77. The second-order valence-corrected chi connectivity index (χ2v) is 5.12. The summed E-state index contributed by atoms with van der Waals surface area (Å²) in [5, 5.41) is 0. The van der Waals surface area contributed by atoms with Crippen molar-refractivity contribution in [3.8, 4) is 0 Å². The van der Waals surface area contributed by atoms with Gasteiger partial charge in [-0.15, -0.1) is 0 Å². The molecule has 1 fully saturated rings. The van der Waals surface area contributed by atoms with Gasteiger partial charge in [-0.05, 0) is 36.6 Å². The van der Waals surface area contributed by atoms with Gasteiger partial charge in [0.05, 0.1) is 0 Å². The molecular weight excluding hydrogens is 146 g/mol. The van der Waals surface area contributed by atoms with Gasteiger partial charge in [0, 0.05) is 0 Å². The first kappa shape index (κ1) is 10.0. The highest BCUT2D eigenvalue weighted by atomic mass is 14.6. The zero-order valence-corrected chi connectivity index (χ0v) is 8.77. The molecule has 0 aromatic heterocycles. The van der Waals surface area contributed by atoms with Crippen LogP contribution >= 0.6 is 0 Å². The van der Waals surface area contributed by atoms with Crippen LogP contribution in [-0.4, -0.2) is 6.54 Å². The number of hydrogen-bond acceptors (Lipinski definition) is 1. The Kier molecular flexibility index (Phi) is 3.16. The van der Waals surface area contributed by atoms with Crippen molar-refractivity contribution in [2.24, 2.45) is 23.0 Å². The molecular formula is C11H23N. The fourth-order valence-corrected chi connectivity index (χ4v) is 2.38. The normalized spacial score (nSPS) is 37.2. The van der Waals surface area contributed by atoms with Crippen molar-refractivity contribution in [3.05, 3.63) is 0 Å². The van der Waals surface area contributed by atoms with E-state index in [4.69, 9.17) is 5.73 Å². The first-order valence-corrected chi connectivity index (χ1v) is 5.27. The summed E-state index contributed by atoms with van der Waals surface area (Å²) < 4.78 is 0. The van der Waals surface area contributed by atoms with Crippen molar-refractivity contribution in [3.63, 3.8) is 0 Å². The van der Waals surface area contributed by atoms with Crippen molar-refractivity contribution in [1.29, 1.82) is 0 Å². The molecule has 0 spiro atoms. The Balaban J connectivity index is 2.51. The summed E-state index contributed by atoms with van der Waals surface area (Å²) in [6.07, 6.45) is 5.50. The van der Waals surface area contributed by atoms with E-state index in [1.54, 1.807) is 0 Å². The highest BCUT2D eigenvalue weighted by molar-refractivity contribution is 4.84. The van der Waals surface area contributed by atoms with Crippen molar-refractivity contribution in [2.45, 2.75) is 46.5 Å². The van der Waals surface area contributed by atoms with Crippen molar-refractivity contribution in [1.82, 2.24) is 0 Å². The zero-order chi connectivity index (χ0) is 9.19. The van der Waals surface area contributed by atoms with E-state index in [0.717, 1.165) is 18.4 Å². The predicted molar refractivity (Wildman–Crippen MR) is 54.0 cm³/mol. The Hall–Kier alpha value is -0.0400. The van der Waals surface area contributed by atoms with Gasteiger partial charge in [0.1, 0.15) is 0 Å². The molecule has 0 heterocycles. The summed E-state index contributed by atoms with van der Waals surface area (Å²) in [7, 11) is 0. The second kappa shape index (κ2) is 3.78. The van der Waals surface area contributed by atoms with Crippen LogP contribution in [0.25, 0.3) is 0 Å². The molecule has 2 N–H and O–H groups in total. The molecule has 0 aromatic rings.